The molecule has 1 saturated heterocycles. The molecule has 1 aliphatic carbocycles. The Balaban J connectivity index is 1.41. The highest BCUT2D eigenvalue weighted by atomic mass is 16.5. The maximum atomic E-state index is 12.7. The minimum Gasteiger partial charge on any atom is -0.376 e. The molecule has 1 saturated carbocycles. The van der Waals surface area contributed by atoms with Gasteiger partial charge in [-0.25, -0.2) is 9.97 Å². The molecule has 2 atom stereocenters. The van der Waals surface area contributed by atoms with Crippen molar-refractivity contribution in [3.8, 4) is 0 Å². The first-order valence-electron chi connectivity index (χ1n) is 8.80. The largest absolute Gasteiger partial charge is 0.376 e. The Bertz CT molecular complexity index is 725. The van der Waals surface area contributed by atoms with Crippen LogP contribution >= 0.6 is 0 Å². The van der Waals surface area contributed by atoms with Crippen LogP contribution in [-0.4, -0.2) is 45.5 Å². The molecule has 0 aromatic carbocycles. The van der Waals surface area contributed by atoms with Gasteiger partial charge in [-0.3, -0.25) is 9.78 Å². The second-order valence-electron chi connectivity index (χ2n) is 7.06. The van der Waals surface area contributed by atoms with Crippen molar-refractivity contribution in [3.05, 3.63) is 54.4 Å². The summed E-state index contributed by atoms with van der Waals surface area (Å²) < 4.78 is 6.05. The molecule has 0 bridgehead atoms. The van der Waals surface area contributed by atoms with Crippen molar-refractivity contribution >= 4 is 5.91 Å². The average molecular weight is 338 g/mol. The summed E-state index contributed by atoms with van der Waals surface area (Å²) in [5.74, 6) is 0.733. The summed E-state index contributed by atoms with van der Waals surface area (Å²) in [6.07, 6.45) is 10.3. The van der Waals surface area contributed by atoms with Crippen molar-refractivity contribution < 1.29 is 9.53 Å². The van der Waals surface area contributed by atoms with E-state index >= 15 is 0 Å². The van der Waals surface area contributed by atoms with E-state index in [1.165, 1.54) is 6.42 Å². The third kappa shape index (κ3) is 3.26. The minimum absolute atomic E-state index is 0.0662. The molecule has 3 heterocycles. The third-order valence-corrected chi connectivity index (χ3v) is 5.49. The second kappa shape index (κ2) is 6.88. The van der Waals surface area contributed by atoms with E-state index in [1.54, 1.807) is 30.9 Å². The summed E-state index contributed by atoms with van der Waals surface area (Å²) in [5, 5.41) is 0. The van der Waals surface area contributed by atoms with Gasteiger partial charge in [0.15, 0.2) is 0 Å². The van der Waals surface area contributed by atoms with Crippen LogP contribution in [-0.2, 0) is 11.3 Å². The van der Waals surface area contributed by atoms with Crippen molar-refractivity contribution in [3.63, 3.8) is 0 Å². The average Bonchev–Trinajstić information content (AvgIpc) is 3.20. The first-order chi connectivity index (χ1) is 12.3. The minimum atomic E-state index is -0.0662. The highest BCUT2D eigenvalue weighted by molar-refractivity contribution is 5.90. The van der Waals surface area contributed by atoms with Crippen LogP contribution in [0.5, 0.6) is 0 Å². The lowest BCUT2D eigenvalue weighted by Crippen LogP contribution is -2.35. The number of carbonyl (C=O) groups excluding carboxylic acids is 1. The monoisotopic (exact) mass is 338 g/mol. The van der Waals surface area contributed by atoms with Gasteiger partial charge in [-0.2, -0.15) is 0 Å². The summed E-state index contributed by atoms with van der Waals surface area (Å²) in [4.78, 5) is 26.8. The van der Waals surface area contributed by atoms with E-state index in [4.69, 9.17) is 4.74 Å². The van der Waals surface area contributed by atoms with E-state index < -0.39 is 0 Å². The Labute approximate surface area is 147 Å². The highest BCUT2D eigenvalue weighted by Gasteiger charge is 2.51. The zero-order valence-corrected chi connectivity index (χ0v) is 14.2. The normalized spacial score (nSPS) is 25.1. The quantitative estimate of drug-likeness (QED) is 0.837. The number of nitrogens with zero attached hydrogens (tertiary/aromatic N) is 4. The Hall–Kier alpha value is -2.34. The molecular formula is C19H22N4O2. The van der Waals surface area contributed by atoms with E-state index in [9.17, 15) is 4.79 Å². The molecule has 0 spiro atoms. The van der Waals surface area contributed by atoms with Gasteiger partial charge >= 0.3 is 0 Å². The van der Waals surface area contributed by atoms with Crippen molar-refractivity contribution in [2.45, 2.75) is 25.9 Å². The summed E-state index contributed by atoms with van der Waals surface area (Å²) >= 11 is 0. The molecule has 4 rings (SSSR count). The van der Waals surface area contributed by atoms with Crippen molar-refractivity contribution in [1.29, 1.82) is 0 Å². The second-order valence-corrected chi connectivity index (χ2v) is 7.06. The van der Waals surface area contributed by atoms with Crippen molar-refractivity contribution in [2.75, 3.05) is 19.7 Å². The molecule has 2 fully saturated rings. The maximum absolute atomic E-state index is 12.7. The Kier molecular flexibility index (Phi) is 4.44. The van der Waals surface area contributed by atoms with Gasteiger partial charge in [-0.1, -0.05) is 6.42 Å². The van der Waals surface area contributed by atoms with E-state index in [0.717, 1.165) is 31.5 Å². The number of likely N-dealkylation sites (tertiary alicyclic amines) is 1. The van der Waals surface area contributed by atoms with Crippen molar-refractivity contribution in [2.24, 2.45) is 11.3 Å². The van der Waals surface area contributed by atoms with Crippen LogP contribution < -0.4 is 0 Å². The number of amides is 1. The van der Waals surface area contributed by atoms with Crippen LogP contribution in [0.3, 0.4) is 0 Å². The van der Waals surface area contributed by atoms with Gasteiger partial charge < -0.3 is 9.64 Å². The maximum Gasteiger partial charge on any atom is 0.291 e. The molecule has 1 amide bonds. The molecule has 0 N–H and O–H groups in total. The number of fused-ring (bicyclic) bond motifs is 1. The molecular weight excluding hydrogens is 316 g/mol. The zero-order chi connectivity index (χ0) is 17.1. The number of carbonyl (C=O) groups is 1. The van der Waals surface area contributed by atoms with Crippen molar-refractivity contribution in [1.82, 2.24) is 19.9 Å². The van der Waals surface area contributed by atoms with E-state index in [2.05, 4.69) is 15.0 Å². The molecule has 2 aliphatic rings. The molecule has 1 aliphatic heterocycles. The molecule has 25 heavy (non-hydrogen) atoms. The standard InChI is InChI=1S/C19H22N4O2/c24-18(17-21-7-2-8-22-17)23-11-16-3-1-6-19(16,13-23)14-25-12-15-4-9-20-10-5-15/h2,4-5,7-10,16H,1,3,6,11-14H2/t16-,19+/m0/s1. The molecule has 0 radical (unpaired) electrons. The molecule has 0 unspecified atom stereocenters. The van der Waals surface area contributed by atoms with E-state index in [0.29, 0.717) is 19.1 Å². The van der Waals surface area contributed by atoms with Gasteiger partial charge in [0.05, 0.1) is 13.2 Å². The topological polar surface area (TPSA) is 68.2 Å². The molecule has 2 aromatic heterocycles. The van der Waals surface area contributed by atoms with Gasteiger partial charge in [0.2, 0.25) is 5.82 Å². The summed E-state index contributed by atoms with van der Waals surface area (Å²) in [7, 11) is 0. The van der Waals surface area contributed by atoms with Crippen LogP contribution in [0, 0.1) is 11.3 Å². The lowest BCUT2D eigenvalue weighted by molar-refractivity contribution is 0.0264. The van der Waals surface area contributed by atoms with Crippen LogP contribution in [0.25, 0.3) is 0 Å². The molecule has 130 valence electrons. The number of pyridine rings is 1. The smallest absolute Gasteiger partial charge is 0.291 e. The number of hydrogen-bond acceptors (Lipinski definition) is 5. The third-order valence-electron chi connectivity index (χ3n) is 5.49. The highest BCUT2D eigenvalue weighted by Crippen LogP contribution is 2.49. The van der Waals surface area contributed by atoms with Crippen LogP contribution in [0.2, 0.25) is 0 Å². The number of hydrogen-bond donors (Lipinski definition) is 0. The fourth-order valence-corrected chi connectivity index (χ4v) is 4.21. The predicted molar refractivity (Wildman–Crippen MR) is 91.6 cm³/mol. The Morgan fingerprint density at radius 2 is 2.04 bits per heavy atom. The van der Waals surface area contributed by atoms with Crippen LogP contribution in [0.4, 0.5) is 0 Å². The van der Waals surface area contributed by atoms with E-state index in [1.807, 2.05) is 17.0 Å². The lowest BCUT2D eigenvalue weighted by Gasteiger charge is -2.28. The summed E-state index contributed by atoms with van der Waals surface area (Å²) in [5.41, 5.74) is 1.21. The van der Waals surface area contributed by atoms with Crippen LogP contribution in [0.1, 0.15) is 35.4 Å². The number of aromatic nitrogens is 3. The predicted octanol–water partition coefficient (Wildman–Crippen LogP) is 2.33. The molecule has 6 heteroatoms. The SMILES string of the molecule is O=C(c1ncccn1)N1C[C@@H]2CCC[C@]2(COCc2ccncc2)C1. The molecule has 6 nitrogen and oxygen atoms in total. The van der Waals surface area contributed by atoms with Gasteiger partial charge in [0.1, 0.15) is 0 Å². The molecule has 2 aromatic rings. The van der Waals surface area contributed by atoms with E-state index in [-0.39, 0.29) is 17.1 Å². The number of ether oxygens (including phenoxy) is 1. The summed E-state index contributed by atoms with van der Waals surface area (Å²) in [6.45, 7) is 2.81. The zero-order valence-electron chi connectivity index (χ0n) is 14.2. The van der Waals surface area contributed by atoms with Gasteiger partial charge in [0, 0.05) is 43.3 Å². The summed E-state index contributed by atoms with van der Waals surface area (Å²) in [6, 6.07) is 5.67. The fraction of sp³-hybridized carbons (Fsp3) is 0.474. The van der Waals surface area contributed by atoms with Gasteiger partial charge in [-0.05, 0) is 42.5 Å². The first kappa shape index (κ1) is 16.1. The lowest BCUT2D eigenvalue weighted by atomic mass is 9.81. The van der Waals surface area contributed by atoms with Crippen LogP contribution in [0.15, 0.2) is 43.0 Å². The first-order valence-corrected chi connectivity index (χ1v) is 8.80. The number of rotatable bonds is 5. The Morgan fingerprint density at radius 1 is 1.24 bits per heavy atom. The fourth-order valence-electron chi connectivity index (χ4n) is 4.21. The van der Waals surface area contributed by atoms with Gasteiger partial charge in [-0.15, -0.1) is 0 Å². The Morgan fingerprint density at radius 3 is 2.84 bits per heavy atom. The van der Waals surface area contributed by atoms with Gasteiger partial charge in [0.25, 0.3) is 5.91 Å².